The van der Waals surface area contributed by atoms with Gasteiger partial charge in [-0.3, -0.25) is 51.7 Å². The topological polar surface area (TPSA) is 574 Å². The van der Waals surface area contributed by atoms with Gasteiger partial charge in [0.05, 0.1) is 45.6 Å². The van der Waals surface area contributed by atoms with Crippen LogP contribution in [0.15, 0.2) is 34.9 Å². The molecule has 3 aliphatic rings. The van der Waals surface area contributed by atoms with Gasteiger partial charge in [0, 0.05) is 26.5 Å². The summed E-state index contributed by atoms with van der Waals surface area (Å²) in [5.74, 6) is -2.20. The predicted octanol–water partition coefficient (Wildman–Crippen LogP) is -4.56. The van der Waals surface area contributed by atoms with Gasteiger partial charge in [-0.05, 0) is 6.42 Å². The lowest BCUT2D eigenvalue weighted by molar-refractivity contribution is -0.745. The first-order chi connectivity index (χ1) is 37.6. The number of aryl methyl sites for hydroxylation is 1. The number of aliphatic hydroxyl groups is 3. The minimum atomic E-state index is -6.23. The molecule has 0 aromatic carbocycles. The number of nitrogens with two attached hydrogens (primary N) is 3. The number of methoxy groups -OCH3 is 1. The van der Waals surface area contributed by atoms with Crippen molar-refractivity contribution in [2.75, 3.05) is 50.7 Å². The normalized spacial score (nSPS) is 29.2. The third kappa shape index (κ3) is 12.3. The lowest BCUT2D eigenvalue weighted by Crippen LogP contribution is -2.45. The number of anilines is 3. The van der Waals surface area contributed by atoms with Gasteiger partial charge in [0.25, 0.3) is 24.9 Å². The predicted molar refractivity (Wildman–Crippen MR) is 258 cm³/mol. The molecule has 9 rings (SSSR count). The summed E-state index contributed by atoms with van der Waals surface area (Å²) in [6, 6.07) is 0. The van der Waals surface area contributed by atoms with E-state index in [0.29, 0.717) is 0 Å². The molecule has 0 radical (unpaired) electrons. The maximum Gasteiger partial charge on any atom is 0.490 e. The van der Waals surface area contributed by atoms with Crippen LogP contribution in [-0.2, 0) is 75.8 Å². The van der Waals surface area contributed by atoms with Gasteiger partial charge in [0.15, 0.2) is 41.4 Å². The Morgan fingerprint density at radius 1 is 0.775 bits per heavy atom. The molecule has 0 saturated carbocycles. The number of aromatic amines is 2. The van der Waals surface area contributed by atoms with Crippen molar-refractivity contribution in [1.82, 2.24) is 58.9 Å². The van der Waals surface area contributed by atoms with Crippen molar-refractivity contribution in [3.05, 3.63) is 46.0 Å². The number of aliphatic hydroxyl groups excluding tert-OH is 3. The molecule has 3 aliphatic heterocycles. The standard InChI is InChI=1S/C36H50N16O24P4/c1-13(53)40-5-4-14-15(71-32(21(14)54)52-12-49(2)20-29(52)46-36(39)48-31(20)58)6-69-78(61,62)75-80(65,66)76-79(63,64)70-8-17-24(25(67-3)34(73-17)50-10-43-18-26(37)41-9-42-27(18)50)74-77(59,60)68-7-16-22(55)23(56)33(72-16)51-11-44-19-28(51)45-35(38)47-30(19)57/h9-12,14-17,21-25,32-34,54-56H,4-8H2,1-3H3,(H12-,37,38,39,40,41,42,45,46,47,48,53,57,58,59,60,61,62,63,64,65,66)/t14-,15-,16-,17-,21-,22-,23-,24-,25-,32-,33-,34-/m1/s1. The van der Waals surface area contributed by atoms with Crippen molar-refractivity contribution in [1.29, 1.82) is 0 Å². The Morgan fingerprint density at radius 3 is 2.06 bits per heavy atom. The summed E-state index contributed by atoms with van der Waals surface area (Å²) < 4.78 is 110. The van der Waals surface area contributed by atoms with Gasteiger partial charge in [-0.25, -0.2) is 38.2 Å². The first-order valence-corrected chi connectivity index (χ1v) is 29.0. The van der Waals surface area contributed by atoms with E-state index in [4.69, 9.17) is 54.2 Å². The van der Waals surface area contributed by atoms with Crippen molar-refractivity contribution in [2.45, 2.75) is 80.9 Å². The summed E-state index contributed by atoms with van der Waals surface area (Å²) >= 11 is 0. The minimum absolute atomic E-state index is 0.00864. The second kappa shape index (κ2) is 22.6. The molecule has 3 saturated heterocycles. The Balaban J connectivity index is 0.874. The first kappa shape index (κ1) is 59.0. The Hall–Kier alpha value is -5.64. The van der Waals surface area contributed by atoms with Crippen LogP contribution in [0.4, 0.5) is 17.7 Å². The molecule has 44 heteroatoms. The fourth-order valence-corrected chi connectivity index (χ4v) is 13.6. The van der Waals surface area contributed by atoms with Gasteiger partial charge in [-0.2, -0.15) is 13.6 Å². The van der Waals surface area contributed by atoms with Crippen molar-refractivity contribution < 1.29 is 108 Å². The van der Waals surface area contributed by atoms with Crippen LogP contribution >= 0.6 is 31.3 Å². The van der Waals surface area contributed by atoms with Gasteiger partial charge in [0.1, 0.15) is 54.6 Å². The third-order valence-corrected chi connectivity index (χ3v) is 17.8. The number of carbonyl (C=O) groups excluding carboxylic acids is 1. The Bertz CT molecular complexity index is 3640. The van der Waals surface area contributed by atoms with Gasteiger partial charge in [-0.15, -0.1) is 0 Å². The molecule has 0 aliphatic carbocycles. The molecule has 6 aromatic rings. The molecule has 40 nitrogen and oxygen atoms in total. The Morgan fingerprint density at radius 2 is 1.39 bits per heavy atom. The lowest BCUT2D eigenvalue weighted by Gasteiger charge is -2.31. The second-order valence-corrected chi connectivity index (χ2v) is 23.9. The molecule has 15 N–H and O–H groups in total. The van der Waals surface area contributed by atoms with Crippen molar-refractivity contribution in [2.24, 2.45) is 13.0 Å². The highest BCUT2D eigenvalue weighted by Crippen LogP contribution is 2.68. The highest BCUT2D eigenvalue weighted by molar-refractivity contribution is 7.66. The number of H-pyrrole nitrogens is 2. The zero-order valence-corrected chi connectivity index (χ0v) is 44.9. The quantitative estimate of drug-likeness (QED) is 0.0225. The number of amides is 1. The van der Waals surface area contributed by atoms with E-state index < -0.39 is 142 Å². The summed E-state index contributed by atoms with van der Waals surface area (Å²) in [6.07, 6.45) is -13.5. The molecule has 0 spiro atoms. The summed E-state index contributed by atoms with van der Waals surface area (Å²) in [5.41, 5.74) is 15.6. The lowest BCUT2D eigenvalue weighted by atomic mass is 9.94. The molecule has 80 heavy (non-hydrogen) atoms. The van der Waals surface area contributed by atoms with E-state index in [1.165, 1.54) is 34.0 Å². The van der Waals surface area contributed by atoms with E-state index in [1.54, 1.807) is 0 Å². The van der Waals surface area contributed by atoms with Crippen LogP contribution in [0.3, 0.4) is 0 Å². The van der Waals surface area contributed by atoms with E-state index in [-0.39, 0.29) is 64.2 Å². The van der Waals surface area contributed by atoms with Crippen LogP contribution < -0.4 is 43.1 Å². The zero-order valence-electron chi connectivity index (χ0n) is 41.3. The number of rotatable bonds is 22. The fourth-order valence-electron chi connectivity index (χ4n) is 9.14. The summed E-state index contributed by atoms with van der Waals surface area (Å²) in [4.78, 5) is 111. The van der Waals surface area contributed by atoms with Crippen LogP contribution in [0.5, 0.6) is 0 Å². The number of hydrogen-bond donors (Lipinski definition) is 12. The number of fused-ring (bicyclic) bond motifs is 3. The fraction of sp³-hybridized carbons (Fsp3) is 0.556. The molecule has 4 unspecified atom stereocenters. The summed E-state index contributed by atoms with van der Waals surface area (Å²) in [5, 5.41) is 35.7. The maximum atomic E-state index is 13.6. The van der Waals surface area contributed by atoms with E-state index >= 15 is 0 Å². The van der Waals surface area contributed by atoms with E-state index in [0.717, 1.165) is 30.7 Å². The van der Waals surface area contributed by atoms with Gasteiger partial charge >= 0.3 is 29.1 Å². The smallest absolute Gasteiger partial charge is 0.490 e. The van der Waals surface area contributed by atoms with Gasteiger partial charge in [0.2, 0.25) is 23.6 Å². The summed E-state index contributed by atoms with van der Waals surface area (Å²) in [7, 11) is -21.2. The average Bonchev–Trinajstić information content (AvgIpc) is 4.43. The van der Waals surface area contributed by atoms with Crippen LogP contribution in [-0.4, -0.2) is 172 Å². The van der Waals surface area contributed by atoms with Gasteiger partial charge < -0.3 is 85.4 Å². The van der Waals surface area contributed by atoms with Crippen molar-refractivity contribution >= 4 is 88.4 Å². The number of aromatic nitrogens is 12. The van der Waals surface area contributed by atoms with Crippen molar-refractivity contribution in [3.8, 4) is 0 Å². The summed E-state index contributed by atoms with van der Waals surface area (Å²) in [6.45, 7) is -2.18. The highest BCUT2D eigenvalue weighted by Gasteiger charge is 2.53. The monoisotopic (exact) mass is 1210 g/mol. The molecular formula is C36H50N16O24P4. The number of imidazole rings is 3. The third-order valence-electron chi connectivity index (χ3n) is 12.6. The minimum Gasteiger partial charge on any atom is -0.756 e. The van der Waals surface area contributed by atoms with Crippen LogP contribution in [0.1, 0.15) is 32.0 Å². The molecule has 16 atom stereocenters. The number of phosphoric acid groups is 4. The molecule has 438 valence electrons. The number of hydrogen-bond acceptors (Lipinski definition) is 30. The molecular weight excluding hydrogens is 1160 g/mol. The van der Waals surface area contributed by atoms with E-state index in [9.17, 15) is 67.5 Å². The molecule has 0 bridgehead atoms. The second-order valence-electron chi connectivity index (χ2n) is 17.9. The first-order valence-electron chi connectivity index (χ1n) is 23.1. The van der Waals surface area contributed by atoms with E-state index in [1.807, 2.05) is 0 Å². The molecule has 6 aromatic heterocycles. The molecule has 3 fully saturated rings. The van der Waals surface area contributed by atoms with E-state index in [2.05, 4.69) is 53.8 Å². The number of ether oxygens (including phenoxy) is 4. The van der Waals surface area contributed by atoms with Crippen LogP contribution in [0, 0.1) is 5.92 Å². The number of carbonyl (C=O) groups is 1. The van der Waals surface area contributed by atoms with Crippen LogP contribution in [0.25, 0.3) is 33.5 Å². The largest absolute Gasteiger partial charge is 0.756 e. The maximum absolute atomic E-state index is 13.6. The Labute approximate surface area is 445 Å². The molecule has 9 heterocycles. The number of nitrogens with one attached hydrogen (secondary N) is 3. The highest BCUT2D eigenvalue weighted by atomic mass is 31.3. The Kier molecular flexibility index (Phi) is 16.7. The average molecular weight is 1210 g/mol. The zero-order chi connectivity index (χ0) is 58.0. The number of nitrogens with zero attached hydrogens (tertiary/aromatic N) is 10. The van der Waals surface area contributed by atoms with Crippen molar-refractivity contribution in [3.63, 3.8) is 0 Å². The van der Waals surface area contributed by atoms with Gasteiger partial charge in [-0.1, -0.05) is 4.98 Å². The SMILES string of the molecule is CO[C@@H]1[C@H](OP(=O)([O-])OC[C@H]2O[C@@H](n3cnc4c(=O)[nH]c(N)nc43)[C@H](O)[C@@H]2O)[C@@H](COP(=O)(O)OP(=O)(O)OP(=O)(O)OC[C@H]2O[C@@H]([n+]3cn(C)c4c(=O)[nH]c(N)nc43)[C@H](O)[C@@H]2CCNC(C)=O)O[C@H]1n1cnc2c(N)ncnc21. The molecule has 1 amide bonds. The number of phosphoric ester groups is 3. The number of nitrogen functional groups attached to an aromatic ring is 3. The van der Waals surface area contributed by atoms with Crippen LogP contribution in [0.2, 0.25) is 0 Å².